The summed E-state index contributed by atoms with van der Waals surface area (Å²) in [5.41, 5.74) is 10.0. The zero-order valence-corrected chi connectivity index (χ0v) is 15.1. The molecule has 0 fully saturated rings. The highest BCUT2D eigenvalue weighted by Crippen LogP contribution is 2.41. The van der Waals surface area contributed by atoms with Crippen molar-refractivity contribution < 1.29 is 14.3 Å². The molecule has 7 nitrogen and oxygen atoms in total. The molecule has 0 radical (unpaired) electrons. The van der Waals surface area contributed by atoms with Crippen molar-refractivity contribution in [2.24, 2.45) is 5.73 Å². The Morgan fingerprint density at radius 2 is 1.89 bits per heavy atom. The molecule has 3 aromatic rings. The molecule has 0 saturated carbocycles. The van der Waals surface area contributed by atoms with Crippen molar-refractivity contribution >= 4 is 34.5 Å². The van der Waals surface area contributed by atoms with Gasteiger partial charge in [-0.05, 0) is 48.0 Å². The fourth-order valence-corrected chi connectivity index (χ4v) is 3.31. The second kappa shape index (κ2) is 6.96. The summed E-state index contributed by atoms with van der Waals surface area (Å²) < 4.78 is 5.24. The third kappa shape index (κ3) is 3.09. The van der Waals surface area contributed by atoms with Crippen molar-refractivity contribution in [2.75, 3.05) is 17.7 Å². The fourth-order valence-electron chi connectivity index (χ4n) is 3.31. The molecule has 0 aliphatic carbocycles. The van der Waals surface area contributed by atoms with Crippen LogP contribution in [0, 0.1) is 0 Å². The fraction of sp³-hybridized carbons (Fsp3) is 0.0476. The van der Waals surface area contributed by atoms with E-state index in [1.165, 1.54) is 0 Å². The summed E-state index contributed by atoms with van der Waals surface area (Å²) in [4.78, 5) is 27.3. The number of methoxy groups -OCH3 is 1. The highest BCUT2D eigenvalue weighted by atomic mass is 16.5. The lowest BCUT2D eigenvalue weighted by Crippen LogP contribution is -2.19. The number of primary amides is 1. The molecule has 3 amide bonds. The Bertz CT molecular complexity index is 1080. The predicted molar refractivity (Wildman–Crippen MR) is 108 cm³/mol. The van der Waals surface area contributed by atoms with E-state index < -0.39 is 6.03 Å². The van der Waals surface area contributed by atoms with Gasteiger partial charge in [0.25, 0.3) is 5.91 Å². The molecule has 2 aromatic carbocycles. The Balaban J connectivity index is 1.94. The van der Waals surface area contributed by atoms with E-state index in [9.17, 15) is 9.59 Å². The molecule has 4 rings (SSSR count). The molecule has 1 aliphatic heterocycles. The Labute approximate surface area is 161 Å². The van der Waals surface area contributed by atoms with Gasteiger partial charge in [-0.15, -0.1) is 0 Å². The number of nitrogens with one attached hydrogen (secondary N) is 3. The molecule has 28 heavy (non-hydrogen) atoms. The number of H-pyrrole nitrogens is 1. The van der Waals surface area contributed by atoms with E-state index in [4.69, 9.17) is 10.5 Å². The number of anilines is 2. The number of amides is 3. The lowest BCUT2D eigenvalue weighted by Gasteiger charge is -2.12. The minimum Gasteiger partial charge on any atom is -0.497 e. The second-order valence-electron chi connectivity index (χ2n) is 6.27. The molecule has 0 saturated heterocycles. The smallest absolute Gasteiger partial charge is 0.316 e. The first-order valence-electron chi connectivity index (χ1n) is 8.61. The second-order valence-corrected chi connectivity index (χ2v) is 6.27. The van der Waals surface area contributed by atoms with Gasteiger partial charge in [0.15, 0.2) is 0 Å². The van der Waals surface area contributed by atoms with Crippen molar-refractivity contribution in [1.82, 2.24) is 4.98 Å². The number of carbonyl (C=O) groups is 2. The maximum Gasteiger partial charge on any atom is 0.316 e. The molecule has 0 unspecified atom stereocenters. The maximum absolute atomic E-state index is 12.9. The first kappa shape index (κ1) is 17.4. The standard InChI is InChI=1S/C21H18N4O3/c1-28-14-7-4-12(5-8-14)18(17-3-2-10-23-17)19-15-11-13(24-21(22)27)6-9-16(15)25-20(19)26/h2-11,23H,1H3,(H,25,26)(H3,22,24,27). The van der Waals surface area contributed by atoms with Crippen LogP contribution in [0.25, 0.3) is 11.1 Å². The molecule has 7 heteroatoms. The highest BCUT2D eigenvalue weighted by Gasteiger charge is 2.29. The van der Waals surface area contributed by atoms with Gasteiger partial charge in [0.1, 0.15) is 5.75 Å². The number of aromatic amines is 1. The van der Waals surface area contributed by atoms with E-state index in [0.29, 0.717) is 22.5 Å². The minimum absolute atomic E-state index is 0.216. The van der Waals surface area contributed by atoms with Gasteiger partial charge in [-0.1, -0.05) is 12.1 Å². The number of hydrogen-bond acceptors (Lipinski definition) is 3. The number of nitrogens with two attached hydrogens (primary N) is 1. The summed E-state index contributed by atoms with van der Waals surface area (Å²) >= 11 is 0. The molecular formula is C21H18N4O3. The van der Waals surface area contributed by atoms with Crippen LogP contribution in [-0.4, -0.2) is 24.0 Å². The first-order chi connectivity index (χ1) is 13.6. The molecule has 1 aromatic heterocycles. The van der Waals surface area contributed by atoms with Gasteiger partial charge >= 0.3 is 6.03 Å². The summed E-state index contributed by atoms with van der Waals surface area (Å²) in [5.74, 6) is 0.510. The number of fused-ring (bicyclic) bond motifs is 1. The number of benzene rings is 2. The van der Waals surface area contributed by atoms with Crippen molar-refractivity contribution in [3.8, 4) is 5.75 Å². The van der Waals surface area contributed by atoms with Crippen LogP contribution < -0.4 is 21.1 Å². The Morgan fingerprint density at radius 3 is 2.54 bits per heavy atom. The van der Waals surface area contributed by atoms with Crippen LogP contribution in [0.5, 0.6) is 5.75 Å². The first-order valence-corrected chi connectivity index (χ1v) is 8.61. The molecule has 1 aliphatic rings. The van der Waals surface area contributed by atoms with E-state index >= 15 is 0 Å². The van der Waals surface area contributed by atoms with Crippen LogP contribution in [0.4, 0.5) is 16.2 Å². The van der Waals surface area contributed by atoms with E-state index in [2.05, 4.69) is 15.6 Å². The van der Waals surface area contributed by atoms with E-state index in [1.54, 1.807) is 31.5 Å². The zero-order chi connectivity index (χ0) is 19.7. The number of aromatic nitrogens is 1. The van der Waals surface area contributed by atoms with Gasteiger partial charge in [-0.2, -0.15) is 0 Å². The number of ether oxygens (including phenoxy) is 1. The lowest BCUT2D eigenvalue weighted by atomic mass is 9.93. The van der Waals surface area contributed by atoms with E-state index in [0.717, 1.165) is 22.6 Å². The third-order valence-corrected chi connectivity index (χ3v) is 4.53. The van der Waals surface area contributed by atoms with Crippen LogP contribution in [0.2, 0.25) is 0 Å². The van der Waals surface area contributed by atoms with Crippen molar-refractivity contribution in [2.45, 2.75) is 0 Å². The maximum atomic E-state index is 12.9. The van der Waals surface area contributed by atoms with Crippen LogP contribution in [0.15, 0.2) is 60.8 Å². The Morgan fingerprint density at radius 1 is 1.11 bits per heavy atom. The molecule has 0 bridgehead atoms. The van der Waals surface area contributed by atoms with Crippen LogP contribution in [-0.2, 0) is 4.79 Å². The molecule has 2 heterocycles. The highest BCUT2D eigenvalue weighted by molar-refractivity contribution is 6.38. The van der Waals surface area contributed by atoms with Gasteiger partial charge in [0.2, 0.25) is 0 Å². The average molecular weight is 374 g/mol. The number of rotatable bonds is 4. The number of urea groups is 1. The lowest BCUT2D eigenvalue weighted by molar-refractivity contribution is -0.110. The molecular weight excluding hydrogens is 356 g/mol. The Kier molecular flexibility index (Phi) is 4.33. The van der Waals surface area contributed by atoms with Gasteiger partial charge < -0.3 is 26.1 Å². The summed E-state index contributed by atoms with van der Waals surface area (Å²) in [5, 5.41) is 5.43. The minimum atomic E-state index is -0.664. The van der Waals surface area contributed by atoms with Crippen LogP contribution >= 0.6 is 0 Å². The van der Waals surface area contributed by atoms with E-state index in [1.807, 2.05) is 36.4 Å². The topological polar surface area (TPSA) is 109 Å². The Hall–Kier alpha value is -4.00. The molecule has 140 valence electrons. The molecule has 0 spiro atoms. The van der Waals surface area contributed by atoms with Crippen LogP contribution in [0.3, 0.4) is 0 Å². The summed E-state index contributed by atoms with van der Waals surface area (Å²) in [6.45, 7) is 0. The van der Waals surface area contributed by atoms with Gasteiger partial charge in [0.05, 0.1) is 12.7 Å². The monoisotopic (exact) mass is 374 g/mol. The van der Waals surface area contributed by atoms with Crippen molar-refractivity contribution in [3.05, 3.63) is 77.6 Å². The van der Waals surface area contributed by atoms with Crippen LogP contribution in [0.1, 0.15) is 16.8 Å². The quantitative estimate of drug-likeness (QED) is 0.525. The van der Waals surface area contributed by atoms with Crippen molar-refractivity contribution in [3.63, 3.8) is 0 Å². The van der Waals surface area contributed by atoms with E-state index in [-0.39, 0.29) is 5.91 Å². The zero-order valence-electron chi connectivity index (χ0n) is 15.1. The number of carbonyl (C=O) groups excluding carboxylic acids is 2. The summed E-state index contributed by atoms with van der Waals surface area (Å²) in [6.07, 6.45) is 1.80. The van der Waals surface area contributed by atoms with Gasteiger partial charge in [-0.25, -0.2) is 4.79 Å². The third-order valence-electron chi connectivity index (χ3n) is 4.53. The average Bonchev–Trinajstić information content (AvgIpc) is 3.31. The SMILES string of the molecule is COc1ccc(C(=C2C(=O)Nc3ccc(NC(N)=O)cc32)c2ccc[nH]2)cc1. The largest absolute Gasteiger partial charge is 0.497 e. The van der Waals surface area contributed by atoms with Gasteiger partial charge in [0, 0.05) is 34.4 Å². The molecule has 0 atom stereocenters. The summed E-state index contributed by atoms with van der Waals surface area (Å²) in [7, 11) is 1.60. The summed E-state index contributed by atoms with van der Waals surface area (Å²) in [6, 6.07) is 15.8. The van der Waals surface area contributed by atoms with Crippen molar-refractivity contribution in [1.29, 1.82) is 0 Å². The molecule has 5 N–H and O–H groups in total. The predicted octanol–water partition coefficient (Wildman–Crippen LogP) is 3.43. The number of hydrogen-bond donors (Lipinski definition) is 4. The normalized spacial score (nSPS) is 14.2. The van der Waals surface area contributed by atoms with Gasteiger partial charge in [-0.3, -0.25) is 4.79 Å².